The first-order valence-corrected chi connectivity index (χ1v) is 3.67. The zero-order valence-electron chi connectivity index (χ0n) is 6.94. The molecule has 0 aromatic carbocycles. The van der Waals surface area contributed by atoms with Crippen molar-refractivity contribution in [2.45, 2.75) is 13.8 Å². The SMILES string of the molecule is CCNCC#CC(=O)OCC. The van der Waals surface area contributed by atoms with E-state index >= 15 is 0 Å². The van der Waals surface area contributed by atoms with Gasteiger partial charge in [-0.25, -0.2) is 4.79 Å². The van der Waals surface area contributed by atoms with Crippen molar-refractivity contribution in [2.24, 2.45) is 0 Å². The summed E-state index contributed by atoms with van der Waals surface area (Å²) in [6.45, 7) is 5.51. The van der Waals surface area contributed by atoms with E-state index in [9.17, 15) is 4.79 Å². The molecule has 0 aliphatic heterocycles. The van der Waals surface area contributed by atoms with Crippen molar-refractivity contribution < 1.29 is 9.53 Å². The summed E-state index contributed by atoms with van der Waals surface area (Å²) in [4.78, 5) is 10.6. The van der Waals surface area contributed by atoms with Gasteiger partial charge in [0, 0.05) is 5.92 Å². The summed E-state index contributed by atoms with van der Waals surface area (Å²) >= 11 is 0. The average molecular weight is 155 g/mol. The molecule has 0 saturated heterocycles. The normalized spacial score (nSPS) is 8.18. The molecule has 0 aromatic rings. The lowest BCUT2D eigenvalue weighted by atomic mass is 10.5. The fraction of sp³-hybridized carbons (Fsp3) is 0.625. The second-order valence-corrected chi connectivity index (χ2v) is 1.80. The van der Waals surface area contributed by atoms with Gasteiger partial charge in [0.2, 0.25) is 0 Å². The van der Waals surface area contributed by atoms with Crippen molar-refractivity contribution in [1.29, 1.82) is 0 Å². The lowest BCUT2D eigenvalue weighted by molar-refractivity contribution is -0.136. The molecule has 3 heteroatoms. The fourth-order valence-corrected chi connectivity index (χ4v) is 0.471. The van der Waals surface area contributed by atoms with Gasteiger partial charge in [-0.2, -0.15) is 0 Å². The van der Waals surface area contributed by atoms with Crippen molar-refractivity contribution in [2.75, 3.05) is 19.7 Å². The molecule has 0 unspecified atom stereocenters. The van der Waals surface area contributed by atoms with Crippen molar-refractivity contribution in [3.63, 3.8) is 0 Å². The van der Waals surface area contributed by atoms with E-state index in [4.69, 9.17) is 0 Å². The van der Waals surface area contributed by atoms with E-state index in [1.54, 1.807) is 6.92 Å². The predicted octanol–water partition coefficient (Wildman–Crippen LogP) is 0.162. The Bertz CT molecular complexity index is 167. The summed E-state index contributed by atoms with van der Waals surface area (Å²) in [5.74, 6) is 4.53. The van der Waals surface area contributed by atoms with Crippen LogP contribution < -0.4 is 5.32 Å². The molecule has 3 nitrogen and oxygen atoms in total. The number of hydrogen-bond donors (Lipinski definition) is 1. The molecule has 0 amide bonds. The molecule has 0 atom stereocenters. The van der Waals surface area contributed by atoms with Crippen molar-refractivity contribution in [3.05, 3.63) is 0 Å². The molecule has 0 aliphatic carbocycles. The first kappa shape index (κ1) is 9.99. The summed E-state index contributed by atoms with van der Waals surface area (Å²) in [5, 5.41) is 2.96. The van der Waals surface area contributed by atoms with Gasteiger partial charge in [-0.1, -0.05) is 12.8 Å². The maximum atomic E-state index is 10.6. The highest BCUT2D eigenvalue weighted by molar-refractivity contribution is 5.88. The van der Waals surface area contributed by atoms with Gasteiger partial charge in [0.1, 0.15) is 0 Å². The molecular weight excluding hydrogens is 142 g/mol. The van der Waals surface area contributed by atoms with Crippen LogP contribution in [0.2, 0.25) is 0 Å². The number of ether oxygens (including phenoxy) is 1. The third-order valence-corrected chi connectivity index (χ3v) is 0.929. The van der Waals surface area contributed by atoms with Gasteiger partial charge in [-0.15, -0.1) is 0 Å². The average Bonchev–Trinajstić information content (AvgIpc) is 1.99. The van der Waals surface area contributed by atoms with Crippen LogP contribution in [0.15, 0.2) is 0 Å². The molecule has 0 aromatic heterocycles. The van der Waals surface area contributed by atoms with Crippen LogP contribution in [0.5, 0.6) is 0 Å². The van der Waals surface area contributed by atoms with Crippen molar-refractivity contribution in [3.8, 4) is 11.8 Å². The minimum Gasteiger partial charge on any atom is -0.456 e. The molecule has 0 rings (SSSR count). The van der Waals surface area contributed by atoms with Crippen molar-refractivity contribution >= 4 is 5.97 Å². The highest BCUT2D eigenvalue weighted by atomic mass is 16.5. The number of rotatable bonds is 3. The summed E-state index contributed by atoms with van der Waals surface area (Å²) < 4.78 is 4.58. The summed E-state index contributed by atoms with van der Waals surface area (Å²) in [6, 6.07) is 0. The largest absolute Gasteiger partial charge is 0.456 e. The smallest absolute Gasteiger partial charge is 0.384 e. The van der Waals surface area contributed by atoms with Gasteiger partial charge in [0.15, 0.2) is 0 Å². The van der Waals surface area contributed by atoms with E-state index in [2.05, 4.69) is 21.9 Å². The van der Waals surface area contributed by atoms with Gasteiger partial charge < -0.3 is 10.1 Å². The molecule has 0 spiro atoms. The first-order chi connectivity index (χ1) is 5.31. The van der Waals surface area contributed by atoms with Crippen LogP contribution in [-0.4, -0.2) is 25.7 Å². The van der Waals surface area contributed by atoms with E-state index in [0.717, 1.165) is 6.54 Å². The molecule has 0 saturated carbocycles. The lowest BCUT2D eigenvalue weighted by Crippen LogP contribution is -2.12. The number of hydrogen-bond acceptors (Lipinski definition) is 3. The Hall–Kier alpha value is -1.01. The Morgan fingerprint density at radius 2 is 2.27 bits per heavy atom. The molecule has 1 N–H and O–H groups in total. The first-order valence-electron chi connectivity index (χ1n) is 3.67. The van der Waals surface area contributed by atoms with Crippen LogP contribution in [0.3, 0.4) is 0 Å². The van der Waals surface area contributed by atoms with Gasteiger partial charge in [-0.05, 0) is 13.5 Å². The maximum Gasteiger partial charge on any atom is 0.384 e. The Kier molecular flexibility index (Phi) is 6.45. The Balaban J connectivity index is 3.43. The van der Waals surface area contributed by atoms with E-state index < -0.39 is 5.97 Å². The molecule has 0 heterocycles. The summed E-state index contributed by atoms with van der Waals surface area (Å²) in [5.41, 5.74) is 0. The van der Waals surface area contributed by atoms with E-state index in [1.165, 1.54) is 0 Å². The van der Waals surface area contributed by atoms with E-state index in [-0.39, 0.29) is 0 Å². The van der Waals surface area contributed by atoms with Gasteiger partial charge in [0.25, 0.3) is 0 Å². The molecule has 0 aliphatic rings. The third-order valence-electron chi connectivity index (χ3n) is 0.929. The topological polar surface area (TPSA) is 38.3 Å². The minimum atomic E-state index is -0.453. The zero-order valence-corrected chi connectivity index (χ0v) is 6.94. The highest BCUT2D eigenvalue weighted by Gasteiger charge is 1.90. The van der Waals surface area contributed by atoms with Gasteiger partial charge in [0.05, 0.1) is 13.2 Å². The molecular formula is C8H13NO2. The van der Waals surface area contributed by atoms with Gasteiger partial charge in [-0.3, -0.25) is 0 Å². The third kappa shape index (κ3) is 6.88. The van der Waals surface area contributed by atoms with Crippen LogP contribution in [0.4, 0.5) is 0 Å². The molecule has 62 valence electrons. The zero-order chi connectivity index (χ0) is 8.53. The highest BCUT2D eigenvalue weighted by Crippen LogP contribution is 1.72. The van der Waals surface area contributed by atoms with Crippen LogP contribution in [0.25, 0.3) is 0 Å². The molecule has 0 fully saturated rings. The predicted molar refractivity (Wildman–Crippen MR) is 43.0 cm³/mol. The number of esters is 1. The number of carbonyl (C=O) groups is 1. The summed E-state index contributed by atoms with van der Waals surface area (Å²) in [7, 11) is 0. The van der Waals surface area contributed by atoms with Gasteiger partial charge >= 0.3 is 5.97 Å². The molecule has 0 radical (unpaired) electrons. The monoisotopic (exact) mass is 155 g/mol. The Morgan fingerprint density at radius 3 is 2.82 bits per heavy atom. The second kappa shape index (κ2) is 7.10. The minimum absolute atomic E-state index is 0.384. The van der Waals surface area contributed by atoms with Crippen LogP contribution >= 0.6 is 0 Å². The molecule has 0 bridgehead atoms. The van der Waals surface area contributed by atoms with E-state index in [0.29, 0.717) is 13.2 Å². The van der Waals surface area contributed by atoms with Crippen LogP contribution in [-0.2, 0) is 9.53 Å². The van der Waals surface area contributed by atoms with Crippen LogP contribution in [0.1, 0.15) is 13.8 Å². The van der Waals surface area contributed by atoms with Crippen molar-refractivity contribution in [1.82, 2.24) is 5.32 Å². The Labute approximate surface area is 67.1 Å². The lowest BCUT2D eigenvalue weighted by Gasteiger charge is -1.91. The Morgan fingerprint density at radius 1 is 1.55 bits per heavy atom. The summed E-state index contributed by atoms with van der Waals surface area (Å²) in [6.07, 6.45) is 0. The standard InChI is InChI=1S/C8H13NO2/c1-3-9-7-5-6-8(10)11-4-2/h9H,3-4,7H2,1-2H3. The number of carbonyl (C=O) groups excluding carboxylic acids is 1. The fourth-order valence-electron chi connectivity index (χ4n) is 0.471. The second-order valence-electron chi connectivity index (χ2n) is 1.80. The van der Waals surface area contributed by atoms with Crippen LogP contribution in [0, 0.1) is 11.8 Å². The van der Waals surface area contributed by atoms with E-state index in [1.807, 2.05) is 6.92 Å². The number of nitrogens with one attached hydrogen (secondary N) is 1. The quantitative estimate of drug-likeness (QED) is 0.273. The maximum absolute atomic E-state index is 10.6. The molecule has 11 heavy (non-hydrogen) atoms.